The van der Waals surface area contributed by atoms with Crippen molar-refractivity contribution in [1.29, 1.82) is 0 Å². The standard InChI is InChI=1S/C15H18N2O3S/c1-11-3-8-15(18)12(9-11)10-17-13-4-6-14(7-5-13)21(19,20)16-2/h3-9,16-18H,10H2,1-2H3. The van der Waals surface area contributed by atoms with E-state index in [1.54, 1.807) is 18.2 Å². The Bertz CT molecular complexity index is 725. The molecule has 6 heteroatoms. The largest absolute Gasteiger partial charge is 0.508 e. The van der Waals surface area contributed by atoms with Crippen molar-refractivity contribution in [2.75, 3.05) is 12.4 Å². The molecule has 0 aromatic heterocycles. The van der Waals surface area contributed by atoms with Crippen LogP contribution in [0.15, 0.2) is 47.4 Å². The number of phenolic OH excluding ortho intramolecular Hbond substituents is 1. The predicted molar refractivity (Wildman–Crippen MR) is 82.9 cm³/mol. The molecular weight excluding hydrogens is 288 g/mol. The van der Waals surface area contributed by atoms with E-state index >= 15 is 0 Å². The first kappa shape index (κ1) is 15.3. The maximum Gasteiger partial charge on any atom is 0.240 e. The first-order chi connectivity index (χ1) is 9.92. The summed E-state index contributed by atoms with van der Waals surface area (Å²) < 4.78 is 25.5. The smallest absolute Gasteiger partial charge is 0.240 e. The van der Waals surface area contributed by atoms with Gasteiger partial charge in [-0.2, -0.15) is 0 Å². The number of aryl methyl sites for hydroxylation is 1. The zero-order chi connectivity index (χ0) is 15.5. The Morgan fingerprint density at radius 3 is 2.38 bits per heavy atom. The van der Waals surface area contributed by atoms with Crippen LogP contribution in [0, 0.1) is 6.92 Å². The Kier molecular flexibility index (Phi) is 4.50. The summed E-state index contributed by atoms with van der Waals surface area (Å²) in [6.07, 6.45) is 0. The average Bonchev–Trinajstić information content (AvgIpc) is 2.48. The van der Waals surface area contributed by atoms with Gasteiger partial charge in [0, 0.05) is 17.8 Å². The Labute approximate surface area is 124 Å². The molecule has 0 spiro atoms. The summed E-state index contributed by atoms with van der Waals surface area (Å²) in [6, 6.07) is 11.9. The number of benzene rings is 2. The van der Waals surface area contributed by atoms with Gasteiger partial charge >= 0.3 is 0 Å². The maximum absolute atomic E-state index is 11.6. The van der Waals surface area contributed by atoms with E-state index in [1.807, 2.05) is 19.1 Å². The molecule has 0 unspecified atom stereocenters. The topological polar surface area (TPSA) is 78.4 Å². The van der Waals surface area contributed by atoms with Gasteiger partial charge in [0.15, 0.2) is 0 Å². The third-order valence-corrected chi connectivity index (χ3v) is 4.58. The van der Waals surface area contributed by atoms with Crippen LogP contribution in [0.4, 0.5) is 5.69 Å². The van der Waals surface area contributed by atoms with Gasteiger partial charge in [-0.1, -0.05) is 17.7 Å². The first-order valence-electron chi connectivity index (χ1n) is 6.48. The number of nitrogens with one attached hydrogen (secondary N) is 2. The van der Waals surface area contributed by atoms with Gasteiger partial charge in [0.1, 0.15) is 5.75 Å². The summed E-state index contributed by atoms with van der Waals surface area (Å²) in [5.41, 5.74) is 2.65. The van der Waals surface area contributed by atoms with Gasteiger partial charge in [-0.25, -0.2) is 13.1 Å². The monoisotopic (exact) mass is 306 g/mol. The van der Waals surface area contributed by atoms with Gasteiger partial charge in [0.05, 0.1) is 4.90 Å². The molecule has 0 atom stereocenters. The molecule has 0 aliphatic carbocycles. The molecule has 0 heterocycles. The van der Waals surface area contributed by atoms with E-state index in [9.17, 15) is 13.5 Å². The summed E-state index contributed by atoms with van der Waals surface area (Å²) >= 11 is 0. The maximum atomic E-state index is 11.6. The fourth-order valence-electron chi connectivity index (χ4n) is 1.92. The van der Waals surface area contributed by atoms with Crippen molar-refractivity contribution in [3.63, 3.8) is 0 Å². The van der Waals surface area contributed by atoms with Crippen molar-refractivity contribution >= 4 is 15.7 Å². The molecule has 0 saturated carbocycles. The highest BCUT2D eigenvalue weighted by molar-refractivity contribution is 7.89. The van der Waals surface area contributed by atoms with Crippen LogP contribution in [0.1, 0.15) is 11.1 Å². The number of hydrogen-bond acceptors (Lipinski definition) is 4. The Hall–Kier alpha value is -2.05. The third kappa shape index (κ3) is 3.74. The van der Waals surface area contributed by atoms with Crippen LogP contribution in [0.3, 0.4) is 0 Å². The molecule has 0 radical (unpaired) electrons. The van der Waals surface area contributed by atoms with Crippen LogP contribution >= 0.6 is 0 Å². The fraction of sp³-hybridized carbons (Fsp3) is 0.200. The van der Waals surface area contributed by atoms with Crippen molar-refractivity contribution in [2.24, 2.45) is 0 Å². The first-order valence-corrected chi connectivity index (χ1v) is 7.96. The van der Waals surface area contributed by atoms with Crippen molar-refractivity contribution < 1.29 is 13.5 Å². The summed E-state index contributed by atoms with van der Waals surface area (Å²) in [4.78, 5) is 0.217. The quantitative estimate of drug-likeness (QED) is 0.791. The van der Waals surface area contributed by atoms with Gasteiger partial charge < -0.3 is 10.4 Å². The lowest BCUT2D eigenvalue weighted by Gasteiger charge is -2.10. The van der Waals surface area contributed by atoms with E-state index in [0.29, 0.717) is 6.54 Å². The van der Waals surface area contributed by atoms with Gasteiger partial charge in [0.2, 0.25) is 10.0 Å². The summed E-state index contributed by atoms with van der Waals surface area (Å²) in [5.74, 6) is 0.238. The van der Waals surface area contributed by atoms with Crippen molar-refractivity contribution in [2.45, 2.75) is 18.4 Å². The lowest BCUT2D eigenvalue weighted by Crippen LogP contribution is -2.18. The molecule has 0 bridgehead atoms. The number of anilines is 1. The third-order valence-electron chi connectivity index (χ3n) is 3.15. The molecule has 2 aromatic carbocycles. The zero-order valence-electron chi connectivity index (χ0n) is 11.9. The molecule has 0 aliphatic heterocycles. The van der Waals surface area contributed by atoms with E-state index in [1.165, 1.54) is 19.2 Å². The Balaban J connectivity index is 2.09. The Morgan fingerprint density at radius 1 is 1.10 bits per heavy atom. The normalized spacial score (nSPS) is 11.3. The molecule has 0 saturated heterocycles. The fourth-order valence-corrected chi connectivity index (χ4v) is 2.65. The van der Waals surface area contributed by atoms with Crippen LogP contribution in [0.2, 0.25) is 0 Å². The van der Waals surface area contributed by atoms with Gasteiger partial charge in [0.25, 0.3) is 0 Å². The number of sulfonamides is 1. The van der Waals surface area contributed by atoms with Crippen LogP contribution < -0.4 is 10.0 Å². The molecule has 2 aromatic rings. The molecule has 0 aliphatic rings. The lowest BCUT2D eigenvalue weighted by atomic mass is 10.1. The van der Waals surface area contributed by atoms with Crippen LogP contribution in [0.25, 0.3) is 0 Å². The van der Waals surface area contributed by atoms with Crippen LogP contribution in [-0.4, -0.2) is 20.6 Å². The lowest BCUT2D eigenvalue weighted by molar-refractivity contribution is 0.469. The molecule has 0 fully saturated rings. The molecule has 0 amide bonds. The van der Waals surface area contributed by atoms with Gasteiger partial charge in [-0.3, -0.25) is 0 Å². The van der Waals surface area contributed by atoms with E-state index in [2.05, 4.69) is 10.0 Å². The predicted octanol–water partition coefficient (Wildman–Crippen LogP) is 2.22. The zero-order valence-corrected chi connectivity index (χ0v) is 12.7. The number of aromatic hydroxyl groups is 1. The molecule has 21 heavy (non-hydrogen) atoms. The molecule has 112 valence electrons. The average molecular weight is 306 g/mol. The highest BCUT2D eigenvalue weighted by Crippen LogP contribution is 2.20. The second-order valence-electron chi connectivity index (χ2n) is 4.72. The minimum Gasteiger partial charge on any atom is -0.508 e. The highest BCUT2D eigenvalue weighted by Gasteiger charge is 2.10. The molecule has 5 nitrogen and oxygen atoms in total. The minimum absolute atomic E-state index is 0.217. The second kappa shape index (κ2) is 6.15. The van der Waals surface area contributed by atoms with E-state index in [-0.39, 0.29) is 10.6 Å². The van der Waals surface area contributed by atoms with Gasteiger partial charge in [-0.15, -0.1) is 0 Å². The van der Waals surface area contributed by atoms with E-state index in [0.717, 1.165) is 16.8 Å². The van der Waals surface area contributed by atoms with E-state index in [4.69, 9.17) is 0 Å². The van der Waals surface area contributed by atoms with Crippen LogP contribution in [-0.2, 0) is 16.6 Å². The van der Waals surface area contributed by atoms with Gasteiger partial charge in [-0.05, 0) is 44.3 Å². The SMILES string of the molecule is CNS(=O)(=O)c1ccc(NCc2cc(C)ccc2O)cc1. The summed E-state index contributed by atoms with van der Waals surface area (Å²) in [5, 5.41) is 12.9. The Morgan fingerprint density at radius 2 is 1.76 bits per heavy atom. The molecule has 3 N–H and O–H groups in total. The second-order valence-corrected chi connectivity index (χ2v) is 6.60. The number of rotatable bonds is 5. The molecular formula is C15H18N2O3S. The van der Waals surface area contributed by atoms with Crippen LogP contribution in [0.5, 0.6) is 5.75 Å². The minimum atomic E-state index is -3.41. The summed E-state index contributed by atoms with van der Waals surface area (Å²) in [7, 11) is -2.04. The number of phenols is 1. The van der Waals surface area contributed by atoms with Crippen molar-refractivity contribution in [3.05, 3.63) is 53.6 Å². The summed E-state index contributed by atoms with van der Waals surface area (Å²) in [6.45, 7) is 2.42. The van der Waals surface area contributed by atoms with E-state index < -0.39 is 10.0 Å². The molecule has 2 rings (SSSR count). The number of hydrogen-bond donors (Lipinski definition) is 3. The highest BCUT2D eigenvalue weighted by atomic mass is 32.2. The van der Waals surface area contributed by atoms with Crippen molar-refractivity contribution in [3.8, 4) is 5.75 Å². The van der Waals surface area contributed by atoms with Crippen molar-refractivity contribution in [1.82, 2.24) is 4.72 Å².